The van der Waals surface area contributed by atoms with Gasteiger partial charge in [-0.2, -0.15) is 0 Å². The molecule has 2 unspecified atom stereocenters. The van der Waals surface area contributed by atoms with E-state index in [1.807, 2.05) is 12.1 Å². The molecule has 0 spiro atoms. The zero-order valence-corrected chi connectivity index (χ0v) is 12.7. The normalized spacial score (nSPS) is 30.3. The van der Waals surface area contributed by atoms with Gasteiger partial charge in [-0.15, -0.1) is 0 Å². The summed E-state index contributed by atoms with van der Waals surface area (Å²) in [6, 6.07) is 7.99. The van der Waals surface area contributed by atoms with Crippen LogP contribution in [0.25, 0.3) is 0 Å². The second-order valence-corrected chi connectivity index (χ2v) is 5.75. The lowest BCUT2D eigenvalue weighted by atomic mass is 10.0. The fraction of sp³-hybridized carbons (Fsp3) is 0.588. The van der Waals surface area contributed by atoms with Crippen LogP contribution in [0.15, 0.2) is 24.3 Å². The van der Waals surface area contributed by atoms with Crippen LogP contribution < -0.4 is 5.32 Å². The van der Waals surface area contributed by atoms with Gasteiger partial charge in [-0.05, 0) is 30.4 Å². The first kappa shape index (κ1) is 15.6. The number of fused-ring (bicyclic) bond motifs is 3. The highest BCUT2D eigenvalue weighted by Gasteiger charge is 2.42. The fourth-order valence-corrected chi connectivity index (χ4v) is 2.79. The monoisotopic (exact) mass is 305 g/mol. The van der Waals surface area contributed by atoms with E-state index in [1.54, 1.807) is 0 Å². The number of epoxide rings is 1. The molecule has 0 aliphatic carbocycles. The maximum Gasteiger partial charge on any atom is 0.140 e. The van der Waals surface area contributed by atoms with Crippen LogP contribution >= 0.6 is 0 Å². The Balaban J connectivity index is 1.68. The molecule has 3 rings (SSSR count). The van der Waals surface area contributed by atoms with Gasteiger partial charge in [-0.25, -0.2) is 0 Å². The Bertz CT molecular complexity index is 493. The summed E-state index contributed by atoms with van der Waals surface area (Å²) >= 11 is 0. The largest absolute Gasteiger partial charge is 0.379 e. The number of nitrogens with one attached hydrogen (secondary N) is 1. The lowest BCUT2D eigenvalue weighted by Crippen LogP contribution is -2.33. The van der Waals surface area contributed by atoms with Gasteiger partial charge in [0.1, 0.15) is 18.6 Å². The van der Waals surface area contributed by atoms with Crippen LogP contribution in [0.5, 0.6) is 0 Å². The summed E-state index contributed by atoms with van der Waals surface area (Å²) in [6.07, 6.45) is 3.66. The average Bonchev–Trinajstić information content (AvgIpc) is 3.30. The van der Waals surface area contributed by atoms with Gasteiger partial charge in [-0.3, -0.25) is 5.32 Å². The smallest absolute Gasteiger partial charge is 0.140 e. The molecule has 2 aliphatic heterocycles. The van der Waals surface area contributed by atoms with Crippen LogP contribution in [0.3, 0.4) is 0 Å². The summed E-state index contributed by atoms with van der Waals surface area (Å²) in [5.74, 6) is 0. The van der Waals surface area contributed by atoms with Crippen molar-refractivity contribution in [3.63, 3.8) is 0 Å². The van der Waals surface area contributed by atoms with Crippen molar-refractivity contribution in [3.8, 4) is 0 Å². The minimum absolute atomic E-state index is 0.0172. The van der Waals surface area contributed by atoms with Crippen LogP contribution in [-0.2, 0) is 25.6 Å². The van der Waals surface area contributed by atoms with Gasteiger partial charge < -0.3 is 19.0 Å². The van der Waals surface area contributed by atoms with Gasteiger partial charge >= 0.3 is 0 Å². The second-order valence-electron chi connectivity index (χ2n) is 5.75. The third-order valence-electron chi connectivity index (χ3n) is 4.08. The van der Waals surface area contributed by atoms with E-state index in [4.69, 9.17) is 14.2 Å². The van der Waals surface area contributed by atoms with E-state index in [9.17, 15) is 4.79 Å². The van der Waals surface area contributed by atoms with E-state index in [0.717, 1.165) is 36.7 Å². The van der Waals surface area contributed by atoms with Gasteiger partial charge in [0.15, 0.2) is 0 Å². The third kappa shape index (κ3) is 4.14. The molecule has 1 aromatic carbocycles. The van der Waals surface area contributed by atoms with Crippen molar-refractivity contribution >= 4 is 6.29 Å². The third-order valence-corrected chi connectivity index (χ3v) is 4.08. The number of ether oxygens (including phenoxy) is 3. The van der Waals surface area contributed by atoms with Crippen molar-refractivity contribution in [2.24, 2.45) is 0 Å². The summed E-state index contributed by atoms with van der Waals surface area (Å²) in [5.41, 5.74) is 2.27. The molecular formula is C17H23NO4. The molecule has 1 fully saturated rings. The molecule has 120 valence electrons. The molecule has 1 saturated heterocycles. The first-order valence-corrected chi connectivity index (χ1v) is 7.98. The molecule has 0 saturated carbocycles. The molecule has 5 heteroatoms. The van der Waals surface area contributed by atoms with Gasteiger partial charge in [0.05, 0.1) is 25.9 Å². The van der Waals surface area contributed by atoms with Gasteiger partial charge in [-0.1, -0.05) is 24.3 Å². The SMILES string of the molecule is O=C[C@@H]1CCCCOCCOCc2ccccc2C2OC2N1. The predicted octanol–water partition coefficient (Wildman–Crippen LogP) is 1.96. The first-order valence-electron chi connectivity index (χ1n) is 7.98. The van der Waals surface area contributed by atoms with Crippen molar-refractivity contribution in [1.82, 2.24) is 5.32 Å². The number of benzene rings is 1. The van der Waals surface area contributed by atoms with E-state index >= 15 is 0 Å². The van der Waals surface area contributed by atoms with Crippen molar-refractivity contribution in [3.05, 3.63) is 35.4 Å². The van der Waals surface area contributed by atoms with Crippen molar-refractivity contribution < 1.29 is 19.0 Å². The first-order chi connectivity index (χ1) is 10.9. The number of carbonyl (C=O) groups is 1. The highest BCUT2D eigenvalue weighted by Crippen LogP contribution is 2.39. The summed E-state index contributed by atoms with van der Waals surface area (Å²) < 4.78 is 17.0. The Labute approximate surface area is 130 Å². The lowest BCUT2D eigenvalue weighted by molar-refractivity contribution is -0.109. The van der Waals surface area contributed by atoms with Crippen LogP contribution in [0.4, 0.5) is 0 Å². The van der Waals surface area contributed by atoms with Gasteiger partial charge in [0, 0.05) is 6.61 Å². The standard InChI is InChI=1S/C17H23NO4/c19-11-14-6-3-4-8-20-9-10-21-12-13-5-1-2-7-15(13)16-17(18-14)22-16/h1-2,5,7,11,14,16-18H,3-4,6,8-10,12H2/t14-,16?,17?/m0/s1. The molecule has 0 amide bonds. The molecule has 2 heterocycles. The quantitative estimate of drug-likeness (QED) is 0.635. The molecule has 0 bridgehead atoms. The topological polar surface area (TPSA) is 60.1 Å². The van der Waals surface area contributed by atoms with E-state index in [1.165, 1.54) is 0 Å². The highest BCUT2D eigenvalue weighted by molar-refractivity contribution is 5.57. The summed E-state index contributed by atoms with van der Waals surface area (Å²) in [7, 11) is 0. The Kier molecular flexibility index (Phi) is 5.56. The zero-order chi connectivity index (χ0) is 15.2. The van der Waals surface area contributed by atoms with E-state index < -0.39 is 0 Å². The number of carbonyl (C=O) groups excluding carboxylic acids is 1. The Morgan fingerprint density at radius 3 is 2.86 bits per heavy atom. The average molecular weight is 305 g/mol. The Morgan fingerprint density at radius 2 is 1.95 bits per heavy atom. The van der Waals surface area contributed by atoms with Crippen LogP contribution in [0.2, 0.25) is 0 Å². The van der Waals surface area contributed by atoms with Crippen LogP contribution in [0, 0.1) is 0 Å². The minimum atomic E-state index is -0.149. The van der Waals surface area contributed by atoms with Crippen molar-refractivity contribution in [2.75, 3.05) is 19.8 Å². The molecule has 1 aromatic rings. The van der Waals surface area contributed by atoms with Gasteiger partial charge in [0.25, 0.3) is 0 Å². The second kappa shape index (κ2) is 7.83. The van der Waals surface area contributed by atoms with E-state index in [2.05, 4.69) is 17.4 Å². The molecule has 1 N–H and O–H groups in total. The maximum absolute atomic E-state index is 11.2. The van der Waals surface area contributed by atoms with E-state index in [0.29, 0.717) is 26.4 Å². The Hall–Kier alpha value is -1.27. The number of hydrogen-bond acceptors (Lipinski definition) is 5. The lowest BCUT2D eigenvalue weighted by Gasteiger charge is -2.10. The van der Waals surface area contributed by atoms with Crippen LogP contribution in [0.1, 0.15) is 36.5 Å². The molecule has 0 aromatic heterocycles. The van der Waals surface area contributed by atoms with Crippen molar-refractivity contribution in [1.29, 1.82) is 0 Å². The number of hydrogen-bond donors (Lipinski definition) is 1. The number of rotatable bonds is 1. The van der Waals surface area contributed by atoms with Gasteiger partial charge in [0.2, 0.25) is 0 Å². The number of aldehydes is 1. The van der Waals surface area contributed by atoms with Crippen molar-refractivity contribution in [2.45, 2.75) is 44.2 Å². The van der Waals surface area contributed by atoms with E-state index in [-0.39, 0.29) is 18.4 Å². The molecular weight excluding hydrogens is 282 g/mol. The zero-order valence-electron chi connectivity index (χ0n) is 12.7. The predicted molar refractivity (Wildman–Crippen MR) is 81.4 cm³/mol. The maximum atomic E-state index is 11.2. The Morgan fingerprint density at radius 1 is 1.09 bits per heavy atom. The summed E-state index contributed by atoms with van der Waals surface area (Å²) in [5, 5.41) is 3.28. The highest BCUT2D eigenvalue weighted by atomic mass is 16.6. The summed E-state index contributed by atoms with van der Waals surface area (Å²) in [4.78, 5) is 11.2. The molecule has 3 atom stereocenters. The fourth-order valence-electron chi connectivity index (χ4n) is 2.79. The minimum Gasteiger partial charge on any atom is -0.379 e. The molecule has 22 heavy (non-hydrogen) atoms. The summed E-state index contributed by atoms with van der Waals surface area (Å²) in [6.45, 7) is 2.48. The van der Waals surface area contributed by atoms with Crippen LogP contribution in [-0.4, -0.2) is 38.4 Å². The molecule has 0 radical (unpaired) electrons. The molecule has 2 aliphatic rings. The molecule has 5 nitrogen and oxygen atoms in total.